The second-order valence-electron chi connectivity index (χ2n) is 6.48. The first kappa shape index (κ1) is 17.6. The fraction of sp³-hybridized carbons (Fsp3) is 0.136. The first-order chi connectivity index (χ1) is 13.0. The molecule has 0 saturated heterocycles. The zero-order valence-electron chi connectivity index (χ0n) is 15.3. The van der Waals surface area contributed by atoms with Crippen molar-refractivity contribution in [2.75, 3.05) is 0 Å². The molecule has 0 fully saturated rings. The van der Waals surface area contributed by atoms with Crippen molar-refractivity contribution < 1.29 is 4.42 Å². The van der Waals surface area contributed by atoms with E-state index in [4.69, 9.17) is 14.4 Å². The molecule has 2 heterocycles. The normalized spacial score (nSPS) is 11.9. The van der Waals surface area contributed by atoms with Crippen molar-refractivity contribution in [3.05, 3.63) is 75.9 Å². The van der Waals surface area contributed by atoms with Crippen molar-refractivity contribution >= 4 is 38.4 Å². The van der Waals surface area contributed by atoms with Crippen LogP contribution in [0.3, 0.4) is 0 Å². The number of oxazole rings is 1. The number of hydrogen-bond donors (Lipinski definition) is 0. The number of nitrogens with zero attached hydrogens (tertiary/aromatic N) is 3. The molecule has 0 radical (unpaired) electrons. The van der Waals surface area contributed by atoms with Crippen molar-refractivity contribution in [1.82, 2.24) is 9.97 Å². The highest BCUT2D eigenvalue weighted by Crippen LogP contribution is 2.29. The first-order valence-corrected chi connectivity index (χ1v) is 9.46. The quantitative estimate of drug-likeness (QED) is 0.360. The number of para-hydroxylation sites is 2. The monoisotopic (exact) mass is 419 g/mol. The molecule has 0 atom stereocenters. The molecular formula is C22H18BrN3O. The van der Waals surface area contributed by atoms with Gasteiger partial charge in [-0.1, -0.05) is 34.1 Å². The van der Waals surface area contributed by atoms with E-state index in [1.807, 2.05) is 49.4 Å². The van der Waals surface area contributed by atoms with E-state index in [-0.39, 0.29) is 0 Å². The second-order valence-corrected chi connectivity index (χ2v) is 7.40. The number of aliphatic imine (C=N–C) groups is 1. The van der Waals surface area contributed by atoms with Gasteiger partial charge >= 0.3 is 0 Å². The number of aromatic nitrogens is 2. The van der Waals surface area contributed by atoms with E-state index in [1.165, 1.54) is 0 Å². The van der Waals surface area contributed by atoms with Gasteiger partial charge in [0, 0.05) is 4.47 Å². The van der Waals surface area contributed by atoms with Crippen molar-refractivity contribution in [1.29, 1.82) is 0 Å². The van der Waals surface area contributed by atoms with Gasteiger partial charge in [0.25, 0.3) is 0 Å². The van der Waals surface area contributed by atoms with Crippen LogP contribution in [0.5, 0.6) is 0 Å². The molecule has 0 bridgehead atoms. The fourth-order valence-electron chi connectivity index (χ4n) is 3.04. The van der Waals surface area contributed by atoms with E-state index < -0.39 is 0 Å². The predicted molar refractivity (Wildman–Crippen MR) is 113 cm³/mol. The summed E-state index contributed by atoms with van der Waals surface area (Å²) in [6, 6.07) is 17.7. The third-order valence-corrected chi connectivity index (χ3v) is 4.83. The highest BCUT2D eigenvalue weighted by molar-refractivity contribution is 9.10. The van der Waals surface area contributed by atoms with Crippen molar-refractivity contribution in [3.8, 4) is 11.6 Å². The summed E-state index contributed by atoms with van der Waals surface area (Å²) in [6.45, 7) is 6.09. The van der Waals surface area contributed by atoms with Gasteiger partial charge in [-0.25, -0.2) is 9.97 Å². The van der Waals surface area contributed by atoms with Crippen LogP contribution < -0.4 is 0 Å². The third kappa shape index (κ3) is 3.55. The summed E-state index contributed by atoms with van der Waals surface area (Å²) in [5.74, 6) is 0.516. The number of benzene rings is 2. The van der Waals surface area contributed by atoms with Crippen LogP contribution in [-0.2, 0) is 0 Å². The summed E-state index contributed by atoms with van der Waals surface area (Å²) in [4.78, 5) is 14.1. The van der Waals surface area contributed by atoms with Gasteiger partial charge in [-0.05, 0) is 68.3 Å². The summed E-state index contributed by atoms with van der Waals surface area (Å²) >= 11 is 3.53. The molecule has 0 saturated carbocycles. The van der Waals surface area contributed by atoms with E-state index in [1.54, 1.807) is 0 Å². The van der Waals surface area contributed by atoms with E-state index >= 15 is 0 Å². The summed E-state index contributed by atoms with van der Waals surface area (Å²) < 4.78 is 6.90. The van der Waals surface area contributed by atoms with E-state index in [0.29, 0.717) is 11.6 Å². The molecule has 0 unspecified atom stereocenters. The van der Waals surface area contributed by atoms with E-state index in [2.05, 4.69) is 46.9 Å². The Hall–Kier alpha value is -2.79. The number of hydrogen-bond acceptors (Lipinski definition) is 4. The molecule has 27 heavy (non-hydrogen) atoms. The zero-order valence-corrected chi connectivity index (χ0v) is 16.9. The van der Waals surface area contributed by atoms with Gasteiger partial charge in [0.2, 0.25) is 5.89 Å². The van der Waals surface area contributed by atoms with Gasteiger partial charge in [0.1, 0.15) is 11.2 Å². The highest BCUT2D eigenvalue weighted by atomic mass is 79.9. The minimum Gasteiger partial charge on any atom is -0.435 e. The van der Waals surface area contributed by atoms with Crippen LogP contribution in [0.2, 0.25) is 0 Å². The Morgan fingerprint density at radius 1 is 0.963 bits per heavy atom. The molecule has 0 aliphatic heterocycles. The topological polar surface area (TPSA) is 51.3 Å². The molecule has 4 nitrogen and oxygen atoms in total. The van der Waals surface area contributed by atoms with Crippen LogP contribution in [0.1, 0.15) is 23.7 Å². The smallest absolute Gasteiger partial charge is 0.246 e. The maximum atomic E-state index is 5.84. The lowest BCUT2D eigenvalue weighted by Crippen LogP contribution is -2.00. The lowest BCUT2D eigenvalue weighted by molar-refractivity contribution is 0.616. The van der Waals surface area contributed by atoms with Crippen LogP contribution >= 0.6 is 15.9 Å². The van der Waals surface area contributed by atoms with E-state index in [9.17, 15) is 0 Å². The van der Waals surface area contributed by atoms with E-state index in [0.717, 1.165) is 43.8 Å². The SMILES string of the molecule is CC(=Nc1c(C)cc(Br)cc1C)c1cccc(-c2nc3ccccc3o2)n1. The van der Waals surface area contributed by atoms with Gasteiger partial charge in [0.05, 0.1) is 17.1 Å². The van der Waals surface area contributed by atoms with Crippen molar-refractivity contribution in [2.45, 2.75) is 20.8 Å². The van der Waals surface area contributed by atoms with Crippen LogP contribution in [-0.4, -0.2) is 15.7 Å². The predicted octanol–water partition coefficient (Wildman–Crippen LogP) is 6.41. The maximum Gasteiger partial charge on any atom is 0.246 e. The van der Waals surface area contributed by atoms with Crippen LogP contribution in [0, 0.1) is 13.8 Å². The summed E-state index contributed by atoms with van der Waals surface area (Å²) in [5.41, 5.74) is 7.15. The average molecular weight is 420 g/mol. The second kappa shape index (κ2) is 7.08. The van der Waals surface area contributed by atoms with Crippen LogP contribution in [0.15, 0.2) is 68.5 Å². The summed E-state index contributed by atoms with van der Waals surface area (Å²) in [5, 5.41) is 0. The Bertz CT molecular complexity index is 1120. The number of fused-ring (bicyclic) bond motifs is 1. The molecule has 0 aliphatic carbocycles. The van der Waals surface area contributed by atoms with Gasteiger partial charge in [-0.3, -0.25) is 4.99 Å². The van der Waals surface area contributed by atoms with Crippen molar-refractivity contribution in [2.24, 2.45) is 4.99 Å². The largest absolute Gasteiger partial charge is 0.435 e. The molecule has 2 aromatic heterocycles. The van der Waals surface area contributed by atoms with Crippen LogP contribution in [0.4, 0.5) is 5.69 Å². The maximum absolute atomic E-state index is 5.84. The molecule has 5 heteroatoms. The Balaban J connectivity index is 1.74. The van der Waals surface area contributed by atoms with Gasteiger partial charge in [-0.15, -0.1) is 0 Å². The van der Waals surface area contributed by atoms with Gasteiger partial charge in [-0.2, -0.15) is 0 Å². The molecule has 134 valence electrons. The summed E-state index contributed by atoms with van der Waals surface area (Å²) in [6.07, 6.45) is 0. The lowest BCUT2D eigenvalue weighted by atomic mass is 10.1. The average Bonchev–Trinajstić information content (AvgIpc) is 3.09. The van der Waals surface area contributed by atoms with Gasteiger partial charge in [0.15, 0.2) is 5.58 Å². The first-order valence-electron chi connectivity index (χ1n) is 8.66. The fourth-order valence-corrected chi connectivity index (χ4v) is 3.73. The Morgan fingerprint density at radius 2 is 1.70 bits per heavy atom. The minimum absolute atomic E-state index is 0.516. The standard InChI is InChI=1S/C22H18BrN3O/c1-13-11-16(23)12-14(2)21(13)24-15(3)17-8-6-9-19(25-17)22-26-18-7-4-5-10-20(18)27-22/h4-12H,1-3H3. The van der Waals surface area contributed by atoms with Crippen molar-refractivity contribution in [3.63, 3.8) is 0 Å². The Labute approximate surface area is 166 Å². The van der Waals surface area contributed by atoms with Crippen LogP contribution in [0.25, 0.3) is 22.7 Å². The minimum atomic E-state index is 0.516. The molecule has 4 rings (SSSR count). The molecule has 4 aromatic rings. The molecule has 0 N–H and O–H groups in total. The third-order valence-electron chi connectivity index (χ3n) is 4.37. The highest BCUT2D eigenvalue weighted by Gasteiger charge is 2.11. The number of rotatable bonds is 3. The zero-order chi connectivity index (χ0) is 19.0. The molecule has 0 amide bonds. The summed E-state index contributed by atoms with van der Waals surface area (Å²) in [7, 11) is 0. The number of pyridine rings is 1. The lowest BCUT2D eigenvalue weighted by Gasteiger charge is -2.08. The Kier molecular flexibility index (Phi) is 4.62. The van der Waals surface area contributed by atoms with Gasteiger partial charge < -0.3 is 4.42 Å². The molecular weight excluding hydrogens is 402 g/mol. The number of aryl methyl sites for hydroxylation is 2. The molecule has 0 aliphatic rings. The molecule has 0 spiro atoms. The Morgan fingerprint density at radius 3 is 2.44 bits per heavy atom. The number of halogens is 1. The molecule has 2 aromatic carbocycles.